The minimum atomic E-state index is -0.376. The summed E-state index contributed by atoms with van der Waals surface area (Å²) in [5.41, 5.74) is 1.48. The Morgan fingerprint density at radius 1 is 1.53 bits per heavy atom. The summed E-state index contributed by atoms with van der Waals surface area (Å²) in [6, 6.07) is 4.00. The van der Waals surface area contributed by atoms with Crippen molar-refractivity contribution in [1.82, 2.24) is 15.1 Å². The van der Waals surface area contributed by atoms with Crippen LogP contribution in [-0.4, -0.2) is 22.2 Å². The highest BCUT2D eigenvalue weighted by atomic mass is 79.9. The monoisotopic (exact) mass is 325 g/mol. The number of nitrogens with one attached hydrogen (secondary N) is 1. The van der Waals surface area contributed by atoms with Crippen molar-refractivity contribution in [2.24, 2.45) is 7.05 Å². The molecule has 0 atom stereocenters. The molecule has 2 rings (SSSR count). The van der Waals surface area contributed by atoms with Gasteiger partial charge in [0, 0.05) is 24.3 Å². The summed E-state index contributed by atoms with van der Waals surface area (Å²) in [4.78, 5) is 11.9. The molecule has 2 aromatic rings. The predicted octanol–water partition coefficient (Wildman–Crippen LogP) is 2.29. The van der Waals surface area contributed by atoms with Gasteiger partial charge in [-0.05, 0) is 46.1 Å². The van der Waals surface area contributed by atoms with Crippen LogP contribution in [0.2, 0.25) is 0 Å². The van der Waals surface area contributed by atoms with E-state index in [1.54, 1.807) is 10.9 Å². The molecule has 0 unspecified atom stereocenters. The molecule has 0 fully saturated rings. The molecule has 19 heavy (non-hydrogen) atoms. The molecular formula is C13H13BrFN3O. The summed E-state index contributed by atoms with van der Waals surface area (Å²) in [5, 5.41) is 6.84. The highest BCUT2D eigenvalue weighted by Gasteiger charge is 2.10. The van der Waals surface area contributed by atoms with Crippen LogP contribution in [0.25, 0.3) is 0 Å². The summed E-state index contributed by atoms with van der Waals surface area (Å²) in [5.74, 6) is -0.602. The molecule has 0 aliphatic carbocycles. The van der Waals surface area contributed by atoms with Gasteiger partial charge in [0.15, 0.2) is 0 Å². The minimum absolute atomic E-state index is 0.226. The van der Waals surface area contributed by atoms with E-state index in [0.717, 1.165) is 5.56 Å². The van der Waals surface area contributed by atoms with Crippen LogP contribution in [0.15, 0.2) is 35.1 Å². The summed E-state index contributed by atoms with van der Waals surface area (Å²) in [6.07, 6.45) is 4.37. The maximum atomic E-state index is 12.9. The van der Waals surface area contributed by atoms with E-state index in [-0.39, 0.29) is 11.7 Å². The minimum Gasteiger partial charge on any atom is -0.352 e. The van der Waals surface area contributed by atoms with Gasteiger partial charge in [-0.2, -0.15) is 5.10 Å². The number of amides is 1. The summed E-state index contributed by atoms with van der Waals surface area (Å²) >= 11 is 3.17. The zero-order valence-electron chi connectivity index (χ0n) is 10.4. The number of carbonyl (C=O) groups is 1. The molecule has 0 radical (unpaired) electrons. The van der Waals surface area contributed by atoms with E-state index in [2.05, 4.69) is 26.3 Å². The predicted molar refractivity (Wildman–Crippen MR) is 73.3 cm³/mol. The van der Waals surface area contributed by atoms with Gasteiger partial charge in [-0.1, -0.05) is 0 Å². The Hall–Kier alpha value is -1.69. The van der Waals surface area contributed by atoms with Crippen molar-refractivity contribution >= 4 is 21.8 Å². The number of hydrogen-bond acceptors (Lipinski definition) is 2. The molecule has 1 heterocycles. The van der Waals surface area contributed by atoms with Crippen molar-refractivity contribution in [3.63, 3.8) is 0 Å². The van der Waals surface area contributed by atoms with Gasteiger partial charge in [-0.15, -0.1) is 0 Å². The van der Waals surface area contributed by atoms with Gasteiger partial charge in [0.25, 0.3) is 5.91 Å². The maximum absolute atomic E-state index is 12.9. The standard InChI is InChI=1S/C13H13BrFN3O/c1-18-8-9(7-17-18)4-5-16-13(19)11-3-2-10(15)6-12(11)14/h2-3,6-8H,4-5H2,1H3,(H,16,19). The zero-order valence-corrected chi connectivity index (χ0v) is 11.9. The van der Waals surface area contributed by atoms with E-state index in [9.17, 15) is 9.18 Å². The zero-order chi connectivity index (χ0) is 13.8. The third-order valence-electron chi connectivity index (χ3n) is 2.63. The molecule has 1 amide bonds. The van der Waals surface area contributed by atoms with Crippen LogP contribution >= 0.6 is 15.9 Å². The van der Waals surface area contributed by atoms with Gasteiger partial charge in [0.1, 0.15) is 5.82 Å². The van der Waals surface area contributed by atoms with Gasteiger partial charge in [0.2, 0.25) is 0 Å². The fraction of sp³-hybridized carbons (Fsp3) is 0.231. The topological polar surface area (TPSA) is 46.9 Å². The third-order valence-corrected chi connectivity index (χ3v) is 3.29. The lowest BCUT2D eigenvalue weighted by atomic mass is 10.2. The van der Waals surface area contributed by atoms with Crippen molar-refractivity contribution in [2.75, 3.05) is 6.54 Å². The van der Waals surface area contributed by atoms with E-state index < -0.39 is 0 Å². The number of nitrogens with zero attached hydrogens (tertiary/aromatic N) is 2. The maximum Gasteiger partial charge on any atom is 0.252 e. The van der Waals surface area contributed by atoms with Crippen molar-refractivity contribution < 1.29 is 9.18 Å². The van der Waals surface area contributed by atoms with Gasteiger partial charge in [-0.3, -0.25) is 9.48 Å². The Bertz CT molecular complexity index is 597. The van der Waals surface area contributed by atoms with Gasteiger partial charge < -0.3 is 5.32 Å². The van der Waals surface area contributed by atoms with Gasteiger partial charge in [-0.25, -0.2) is 4.39 Å². The van der Waals surface area contributed by atoms with Crippen LogP contribution in [0.1, 0.15) is 15.9 Å². The average molecular weight is 326 g/mol. The molecular weight excluding hydrogens is 313 g/mol. The fourth-order valence-electron chi connectivity index (χ4n) is 1.69. The number of hydrogen-bond donors (Lipinski definition) is 1. The quantitative estimate of drug-likeness (QED) is 0.937. The number of rotatable bonds is 4. The molecule has 100 valence electrons. The smallest absolute Gasteiger partial charge is 0.252 e. The molecule has 0 saturated carbocycles. The first kappa shape index (κ1) is 13.7. The van der Waals surface area contributed by atoms with Crippen molar-refractivity contribution in [2.45, 2.75) is 6.42 Å². The highest BCUT2D eigenvalue weighted by molar-refractivity contribution is 9.10. The van der Waals surface area contributed by atoms with Crippen LogP contribution < -0.4 is 5.32 Å². The first-order chi connectivity index (χ1) is 9.06. The Labute approximate surface area is 118 Å². The van der Waals surface area contributed by atoms with Crippen LogP contribution in [0.3, 0.4) is 0 Å². The fourth-order valence-corrected chi connectivity index (χ4v) is 2.22. The van der Waals surface area contributed by atoms with Gasteiger partial charge >= 0.3 is 0 Å². The Morgan fingerprint density at radius 3 is 2.95 bits per heavy atom. The second-order valence-electron chi connectivity index (χ2n) is 4.15. The van der Waals surface area contributed by atoms with E-state index in [4.69, 9.17) is 0 Å². The Morgan fingerprint density at radius 2 is 2.32 bits per heavy atom. The van der Waals surface area contributed by atoms with E-state index in [0.29, 0.717) is 23.0 Å². The molecule has 4 nitrogen and oxygen atoms in total. The molecule has 1 aromatic heterocycles. The van der Waals surface area contributed by atoms with E-state index >= 15 is 0 Å². The first-order valence-corrected chi connectivity index (χ1v) is 6.56. The lowest BCUT2D eigenvalue weighted by Crippen LogP contribution is -2.26. The molecule has 0 bridgehead atoms. The van der Waals surface area contributed by atoms with Gasteiger partial charge in [0.05, 0.1) is 11.8 Å². The number of carbonyl (C=O) groups excluding carboxylic acids is 1. The van der Waals surface area contributed by atoms with Crippen molar-refractivity contribution in [1.29, 1.82) is 0 Å². The normalized spacial score (nSPS) is 10.5. The number of aryl methyl sites for hydroxylation is 1. The second kappa shape index (κ2) is 5.97. The Balaban J connectivity index is 1.90. The van der Waals surface area contributed by atoms with Crippen molar-refractivity contribution in [3.05, 3.63) is 52.0 Å². The first-order valence-electron chi connectivity index (χ1n) is 5.77. The number of aromatic nitrogens is 2. The molecule has 1 N–H and O–H groups in total. The molecule has 6 heteroatoms. The second-order valence-corrected chi connectivity index (χ2v) is 5.01. The molecule has 0 saturated heterocycles. The van der Waals surface area contributed by atoms with Crippen LogP contribution in [0.4, 0.5) is 4.39 Å². The highest BCUT2D eigenvalue weighted by Crippen LogP contribution is 2.17. The largest absolute Gasteiger partial charge is 0.352 e. The lowest BCUT2D eigenvalue weighted by molar-refractivity contribution is 0.0953. The number of halogens is 2. The molecule has 0 spiro atoms. The molecule has 0 aliphatic rings. The Kier molecular flexibility index (Phi) is 4.31. The van der Waals surface area contributed by atoms with Crippen LogP contribution in [-0.2, 0) is 13.5 Å². The SMILES string of the molecule is Cn1cc(CCNC(=O)c2ccc(F)cc2Br)cn1. The number of benzene rings is 1. The third kappa shape index (κ3) is 3.64. The summed E-state index contributed by atoms with van der Waals surface area (Å²) in [6.45, 7) is 0.508. The summed E-state index contributed by atoms with van der Waals surface area (Å²) in [7, 11) is 1.84. The lowest BCUT2D eigenvalue weighted by Gasteiger charge is -2.06. The van der Waals surface area contributed by atoms with Crippen LogP contribution in [0.5, 0.6) is 0 Å². The average Bonchev–Trinajstić information content (AvgIpc) is 2.75. The summed E-state index contributed by atoms with van der Waals surface area (Å²) < 4.78 is 15.1. The molecule has 0 aliphatic heterocycles. The van der Waals surface area contributed by atoms with Crippen LogP contribution in [0, 0.1) is 5.82 Å². The van der Waals surface area contributed by atoms with E-state index in [1.807, 2.05) is 13.2 Å². The molecule has 1 aromatic carbocycles. The van der Waals surface area contributed by atoms with E-state index in [1.165, 1.54) is 18.2 Å². The van der Waals surface area contributed by atoms with Crippen molar-refractivity contribution in [3.8, 4) is 0 Å².